The molecule has 1 aromatic heterocycles. The first kappa shape index (κ1) is 20.4. The number of oxime groups is 1. The summed E-state index contributed by atoms with van der Waals surface area (Å²) in [6.45, 7) is 6.49. The zero-order chi connectivity index (χ0) is 20.3. The van der Waals surface area contributed by atoms with Crippen LogP contribution in [0.5, 0.6) is 0 Å². The molecule has 0 bridgehead atoms. The molecule has 1 atom stereocenters. The number of carbonyl (C=O) groups is 1. The lowest BCUT2D eigenvalue weighted by Crippen LogP contribution is -2.39. The van der Waals surface area contributed by atoms with Crippen molar-refractivity contribution in [3.8, 4) is 0 Å². The van der Waals surface area contributed by atoms with Crippen LogP contribution in [-0.4, -0.2) is 29.2 Å². The Kier molecular flexibility index (Phi) is 6.08. The number of halogens is 2. The molecule has 1 amide bonds. The van der Waals surface area contributed by atoms with Crippen LogP contribution in [0.3, 0.4) is 0 Å². The third-order valence-corrected chi connectivity index (χ3v) is 4.57. The molecule has 7 heteroatoms. The highest BCUT2D eigenvalue weighted by Crippen LogP contribution is 2.25. The predicted octanol–water partition coefficient (Wildman–Crippen LogP) is 5.03. The van der Waals surface area contributed by atoms with Crippen molar-refractivity contribution in [2.75, 3.05) is 6.54 Å². The van der Waals surface area contributed by atoms with Crippen molar-refractivity contribution in [3.63, 3.8) is 0 Å². The molecule has 150 valence electrons. The van der Waals surface area contributed by atoms with Gasteiger partial charge >= 0.3 is 0 Å². The summed E-state index contributed by atoms with van der Waals surface area (Å²) in [5, 5.41) is 4.34. The van der Waals surface area contributed by atoms with Crippen LogP contribution >= 0.6 is 11.6 Å². The highest BCUT2D eigenvalue weighted by atomic mass is 35.5. The van der Waals surface area contributed by atoms with Crippen LogP contribution in [0.15, 0.2) is 46.0 Å². The highest BCUT2D eigenvalue weighted by molar-refractivity contribution is 6.29. The van der Waals surface area contributed by atoms with Crippen LogP contribution in [0.25, 0.3) is 0 Å². The number of furan rings is 1. The van der Waals surface area contributed by atoms with Crippen molar-refractivity contribution in [2.45, 2.75) is 46.3 Å². The first-order chi connectivity index (χ1) is 13.2. The van der Waals surface area contributed by atoms with Crippen molar-refractivity contribution in [3.05, 3.63) is 58.8 Å². The van der Waals surface area contributed by atoms with Gasteiger partial charge < -0.3 is 14.2 Å². The molecule has 0 aliphatic carbocycles. The van der Waals surface area contributed by atoms with Gasteiger partial charge in [-0.05, 0) is 35.2 Å². The monoisotopic (exact) mass is 406 g/mol. The van der Waals surface area contributed by atoms with Crippen molar-refractivity contribution < 1.29 is 18.4 Å². The SMILES string of the molecule is CC(C)(C)CC(=O)N(Cc1ccccc1F)C[C@@H]1CC(c2ccc(Cl)o2)=NO1. The van der Waals surface area contributed by atoms with Gasteiger partial charge in [0.1, 0.15) is 11.5 Å². The van der Waals surface area contributed by atoms with E-state index in [-0.39, 0.29) is 35.0 Å². The number of hydrogen-bond donors (Lipinski definition) is 0. The van der Waals surface area contributed by atoms with Gasteiger partial charge in [0.25, 0.3) is 0 Å². The smallest absolute Gasteiger partial charge is 0.223 e. The molecule has 28 heavy (non-hydrogen) atoms. The fraction of sp³-hybridized carbons (Fsp3) is 0.429. The van der Waals surface area contributed by atoms with E-state index < -0.39 is 0 Å². The fourth-order valence-corrected chi connectivity index (χ4v) is 3.19. The molecule has 0 fully saturated rings. The van der Waals surface area contributed by atoms with Crippen LogP contribution in [0, 0.1) is 11.2 Å². The van der Waals surface area contributed by atoms with Crippen LogP contribution < -0.4 is 0 Å². The Labute approximate surface area is 169 Å². The predicted molar refractivity (Wildman–Crippen MR) is 106 cm³/mol. The number of rotatable bonds is 6. The molecule has 0 saturated heterocycles. The summed E-state index contributed by atoms with van der Waals surface area (Å²) >= 11 is 5.82. The van der Waals surface area contributed by atoms with Gasteiger partial charge in [0.05, 0.1) is 6.54 Å². The van der Waals surface area contributed by atoms with Gasteiger partial charge in [0.2, 0.25) is 5.91 Å². The first-order valence-corrected chi connectivity index (χ1v) is 9.58. The Morgan fingerprint density at radius 1 is 1.29 bits per heavy atom. The van der Waals surface area contributed by atoms with E-state index in [1.54, 1.807) is 35.2 Å². The number of hydrogen-bond acceptors (Lipinski definition) is 4. The van der Waals surface area contributed by atoms with E-state index in [9.17, 15) is 9.18 Å². The summed E-state index contributed by atoms with van der Waals surface area (Å²) in [5.74, 6) is 0.175. The fourth-order valence-electron chi connectivity index (χ4n) is 3.04. The van der Waals surface area contributed by atoms with E-state index in [1.807, 2.05) is 20.8 Å². The van der Waals surface area contributed by atoms with Crippen LogP contribution in [0.2, 0.25) is 5.22 Å². The molecule has 1 aromatic carbocycles. The molecular weight excluding hydrogens is 383 g/mol. The van der Waals surface area contributed by atoms with Gasteiger partial charge in [-0.25, -0.2) is 4.39 Å². The molecular formula is C21H24ClFN2O3. The first-order valence-electron chi connectivity index (χ1n) is 9.21. The van der Waals surface area contributed by atoms with Gasteiger partial charge in [0.15, 0.2) is 17.1 Å². The molecule has 1 aliphatic rings. The minimum Gasteiger partial charge on any atom is -0.443 e. The van der Waals surface area contributed by atoms with E-state index in [0.717, 1.165) is 0 Å². The minimum atomic E-state index is -0.328. The Morgan fingerprint density at radius 2 is 2.04 bits per heavy atom. The summed E-state index contributed by atoms with van der Waals surface area (Å²) in [7, 11) is 0. The summed E-state index contributed by atoms with van der Waals surface area (Å²) in [5.41, 5.74) is 0.945. The molecule has 2 heterocycles. The molecule has 0 radical (unpaired) electrons. The number of amides is 1. The second-order valence-corrected chi connectivity index (χ2v) is 8.55. The standard InChI is InChI=1S/C21H24ClFN2O3/c1-21(2,3)11-20(26)25(12-14-6-4-5-7-16(14)23)13-15-10-17(24-28-15)18-8-9-19(22)27-18/h4-9,15H,10-13H2,1-3H3/t15-/m0/s1. The maximum Gasteiger partial charge on any atom is 0.223 e. The Morgan fingerprint density at radius 3 is 2.68 bits per heavy atom. The lowest BCUT2D eigenvalue weighted by molar-refractivity contribution is -0.135. The Hall–Kier alpha value is -2.34. The number of benzene rings is 1. The van der Waals surface area contributed by atoms with Gasteiger partial charge in [-0.3, -0.25) is 4.79 Å². The van der Waals surface area contributed by atoms with Gasteiger partial charge in [-0.15, -0.1) is 0 Å². The van der Waals surface area contributed by atoms with Gasteiger partial charge in [0, 0.05) is 24.9 Å². The average Bonchev–Trinajstić information content (AvgIpc) is 3.23. The summed E-state index contributed by atoms with van der Waals surface area (Å²) in [6.07, 6.45) is 0.519. The van der Waals surface area contributed by atoms with E-state index in [1.165, 1.54) is 6.07 Å². The van der Waals surface area contributed by atoms with Crippen LogP contribution in [-0.2, 0) is 16.2 Å². The Bertz CT molecular complexity index is 873. The van der Waals surface area contributed by atoms with E-state index >= 15 is 0 Å². The third-order valence-electron chi connectivity index (χ3n) is 4.37. The molecule has 3 rings (SSSR count). The van der Waals surface area contributed by atoms with Crippen LogP contribution in [0.4, 0.5) is 4.39 Å². The van der Waals surface area contributed by atoms with Gasteiger partial charge in [-0.2, -0.15) is 0 Å². The number of nitrogens with zero attached hydrogens (tertiary/aromatic N) is 2. The molecule has 2 aromatic rings. The topological polar surface area (TPSA) is 55.0 Å². The van der Waals surface area contributed by atoms with Crippen molar-refractivity contribution in [2.24, 2.45) is 10.6 Å². The highest BCUT2D eigenvalue weighted by Gasteiger charge is 2.30. The van der Waals surface area contributed by atoms with Crippen LogP contribution in [0.1, 0.15) is 44.9 Å². The van der Waals surface area contributed by atoms with E-state index in [0.29, 0.717) is 36.4 Å². The molecule has 0 spiro atoms. The third kappa shape index (κ3) is 5.35. The quantitative estimate of drug-likeness (QED) is 0.676. The maximum atomic E-state index is 14.1. The lowest BCUT2D eigenvalue weighted by atomic mass is 9.91. The maximum absolute atomic E-state index is 14.1. The summed E-state index contributed by atoms with van der Waals surface area (Å²) in [4.78, 5) is 20.0. The van der Waals surface area contributed by atoms with Crippen molar-refractivity contribution in [1.82, 2.24) is 4.90 Å². The summed E-state index contributed by atoms with van der Waals surface area (Å²) in [6, 6.07) is 9.86. The lowest BCUT2D eigenvalue weighted by Gasteiger charge is -2.28. The molecule has 1 aliphatic heterocycles. The van der Waals surface area contributed by atoms with E-state index in [4.69, 9.17) is 20.9 Å². The van der Waals surface area contributed by atoms with E-state index in [2.05, 4.69) is 5.16 Å². The molecule has 0 saturated carbocycles. The Balaban J connectivity index is 1.70. The summed E-state index contributed by atoms with van der Waals surface area (Å²) < 4.78 is 19.5. The second-order valence-electron chi connectivity index (χ2n) is 8.18. The second kappa shape index (κ2) is 8.35. The van der Waals surface area contributed by atoms with Gasteiger partial charge in [-0.1, -0.05) is 44.1 Å². The normalized spacial score (nSPS) is 16.6. The molecule has 0 unspecified atom stereocenters. The zero-order valence-corrected chi connectivity index (χ0v) is 17.0. The minimum absolute atomic E-state index is 0.0474. The molecule has 0 N–H and O–H groups in total. The largest absolute Gasteiger partial charge is 0.443 e. The zero-order valence-electron chi connectivity index (χ0n) is 16.2. The number of carbonyl (C=O) groups excluding carboxylic acids is 1. The average molecular weight is 407 g/mol. The van der Waals surface area contributed by atoms with Crippen molar-refractivity contribution in [1.29, 1.82) is 0 Å². The van der Waals surface area contributed by atoms with Crippen molar-refractivity contribution >= 4 is 23.2 Å². The molecule has 5 nitrogen and oxygen atoms in total.